The molecule has 0 aliphatic heterocycles. The number of nitrogens with zero attached hydrogens (tertiary/aromatic N) is 2. The van der Waals surface area contributed by atoms with E-state index in [9.17, 15) is 18.0 Å². The molecular formula is C33H30N4O5S. The number of allylic oxidation sites excluding steroid dienone is 2. The average molecular weight is 595 g/mol. The van der Waals surface area contributed by atoms with E-state index in [4.69, 9.17) is 4.18 Å². The molecule has 2 N–H and O–H groups in total. The van der Waals surface area contributed by atoms with Gasteiger partial charge in [0.25, 0.3) is 21.2 Å². The first kappa shape index (κ1) is 28.2. The highest BCUT2D eigenvalue weighted by Crippen LogP contribution is 2.38. The van der Waals surface area contributed by atoms with E-state index in [1.165, 1.54) is 21.5 Å². The molecule has 0 amide bonds. The molecule has 43 heavy (non-hydrogen) atoms. The van der Waals surface area contributed by atoms with Gasteiger partial charge in [-0.05, 0) is 50.2 Å². The molecule has 1 aliphatic rings. The third kappa shape index (κ3) is 5.26. The molecule has 6 rings (SSSR count). The first-order valence-corrected chi connectivity index (χ1v) is 15.2. The largest absolute Gasteiger partial charge is 0.297 e. The van der Waals surface area contributed by atoms with Gasteiger partial charge in [-0.25, -0.2) is 9.36 Å². The Morgan fingerprint density at radius 2 is 1.12 bits per heavy atom. The molecule has 1 aliphatic carbocycles. The summed E-state index contributed by atoms with van der Waals surface area (Å²) < 4.78 is 35.4. The number of rotatable bonds is 8. The number of hydrogen-bond donors (Lipinski definition) is 2. The molecule has 0 unspecified atom stereocenters. The Morgan fingerprint density at radius 1 is 0.674 bits per heavy atom. The molecule has 2 atom stereocenters. The van der Waals surface area contributed by atoms with Crippen LogP contribution in [0, 0.1) is 19.8 Å². The summed E-state index contributed by atoms with van der Waals surface area (Å²) in [5.41, 5.74) is 2.38. The van der Waals surface area contributed by atoms with Crippen molar-refractivity contribution in [3.05, 3.63) is 159 Å². The molecule has 0 spiro atoms. The third-order valence-electron chi connectivity index (χ3n) is 7.66. The van der Waals surface area contributed by atoms with E-state index in [-0.39, 0.29) is 16.0 Å². The van der Waals surface area contributed by atoms with Crippen molar-refractivity contribution in [3.8, 4) is 11.4 Å². The van der Waals surface area contributed by atoms with Crippen molar-refractivity contribution in [2.24, 2.45) is 5.92 Å². The minimum atomic E-state index is -4.17. The minimum absolute atomic E-state index is 0.0155. The molecule has 2 aromatic heterocycles. The van der Waals surface area contributed by atoms with Gasteiger partial charge in [0, 0.05) is 34.4 Å². The number of H-pyrrole nitrogens is 2. The Hall–Kier alpha value is -4.93. The van der Waals surface area contributed by atoms with Crippen LogP contribution in [-0.2, 0) is 14.3 Å². The second-order valence-corrected chi connectivity index (χ2v) is 12.0. The van der Waals surface area contributed by atoms with Crippen molar-refractivity contribution in [2.75, 3.05) is 0 Å². The van der Waals surface area contributed by atoms with Crippen LogP contribution in [0.15, 0.2) is 130 Å². The summed E-state index contributed by atoms with van der Waals surface area (Å²) in [4.78, 5) is 28.4. The molecule has 3 aromatic carbocycles. The fourth-order valence-electron chi connectivity index (χ4n) is 5.69. The highest BCUT2D eigenvalue weighted by Gasteiger charge is 2.40. The monoisotopic (exact) mass is 594 g/mol. The molecule has 0 bridgehead atoms. The first-order valence-electron chi connectivity index (χ1n) is 13.8. The molecule has 2 heterocycles. The SMILES string of the molecule is Cc1[nH]n(-c2ccccc2)c(=O)c1C(c1c(C)[nH]n(-c2ccccc2)c1=O)[C@H]1C=CC=C[C@@H]1OS(=O)(=O)c1ccccc1. The normalized spacial score (nSPS) is 16.6. The van der Waals surface area contributed by atoms with Gasteiger partial charge in [-0.1, -0.05) is 78.9 Å². The fraction of sp³-hybridized carbons (Fsp3) is 0.152. The Labute approximate surface area is 248 Å². The maximum Gasteiger partial charge on any atom is 0.297 e. The lowest BCUT2D eigenvalue weighted by Crippen LogP contribution is -2.35. The number of aryl methyl sites for hydroxylation is 2. The van der Waals surface area contributed by atoms with Crippen LogP contribution in [0.5, 0.6) is 0 Å². The van der Waals surface area contributed by atoms with Crippen LogP contribution in [0.3, 0.4) is 0 Å². The van der Waals surface area contributed by atoms with Crippen molar-refractivity contribution in [2.45, 2.75) is 30.8 Å². The second-order valence-electron chi connectivity index (χ2n) is 10.4. The molecule has 0 saturated carbocycles. The van der Waals surface area contributed by atoms with Crippen molar-refractivity contribution < 1.29 is 12.6 Å². The van der Waals surface area contributed by atoms with Gasteiger partial charge >= 0.3 is 0 Å². The molecule has 0 fully saturated rings. The zero-order chi connectivity index (χ0) is 30.1. The quantitative estimate of drug-likeness (QED) is 0.248. The number of nitrogens with one attached hydrogen (secondary N) is 2. The number of para-hydroxylation sites is 2. The van der Waals surface area contributed by atoms with Crippen molar-refractivity contribution in [1.82, 2.24) is 19.6 Å². The van der Waals surface area contributed by atoms with E-state index in [2.05, 4.69) is 10.2 Å². The van der Waals surface area contributed by atoms with Gasteiger partial charge in [-0.3, -0.25) is 24.0 Å². The van der Waals surface area contributed by atoms with E-state index in [0.717, 1.165) is 0 Å². The van der Waals surface area contributed by atoms with Crippen molar-refractivity contribution in [3.63, 3.8) is 0 Å². The van der Waals surface area contributed by atoms with E-state index in [1.54, 1.807) is 56.4 Å². The maximum atomic E-state index is 14.2. The number of aromatic amines is 2. The van der Waals surface area contributed by atoms with Crippen molar-refractivity contribution in [1.29, 1.82) is 0 Å². The number of hydrogen-bond acceptors (Lipinski definition) is 5. The molecule has 0 saturated heterocycles. The predicted octanol–water partition coefficient (Wildman–Crippen LogP) is 4.91. The molecule has 0 radical (unpaired) electrons. The smallest absolute Gasteiger partial charge is 0.295 e. The summed E-state index contributed by atoms with van der Waals surface area (Å²) in [5.74, 6) is -1.58. The Morgan fingerprint density at radius 3 is 1.60 bits per heavy atom. The third-order valence-corrected chi connectivity index (χ3v) is 8.99. The van der Waals surface area contributed by atoms with Crippen LogP contribution in [-0.4, -0.2) is 34.1 Å². The van der Waals surface area contributed by atoms with Gasteiger partial charge in [-0.15, -0.1) is 0 Å². The van der Waals surface area contributed by atoms with Crippen LogP contribution in [0.2, 0.25) is 0 Å². The zero-order valence-corrected chi connectivity index (χ0v) is 24.4. The molecular weight excluding hydrogens is 564 g/mol. The lowest BCUT2D eigenvalue weighted by atomic mass is 9.76. The van der Waals surface area contributed by atoms with Crippen LogP contribution in [0.1, 0.15) is 28.4 Å². The molecule has 10 heteroatoms. The zero-order valence-electron chi connectivity index (χ0n) is 23.5. The Balaban J connectivity index is 1.54. The summed E-state index contributed by atoms with van der Waals surface area (Å²) >= 11 is 0. The van der Waals surface area contributed by atoms with Crippen LogP contribution in [0.25, 0.3) is 11.4 Å². The van der Waals surface area contributed by atoms with Crippen LogP contribution in [0.4, 0.5) is 0 Å². The summed E-state index contributed by atoms with van der Waals surface area (Å²) in [6.45, 7) is 3.56. The Bertz CT molecular complexity index is 1940. The number of aromatic nitrogens is 4. The van der Waals surface area contributed by atoms with E-state index in [0.29, 0.717) is 33.9 Å². The average Bonchev–Trinajstić information content (AvgIpc) is 3.49. The minimum Gasteiger partial charge on any atom is -0.295 e. The topological polar surface area (TPSA) is 119 Å². The standard InChI is InChI=1S/C33H30N4O5S/c1-22-29(32(38)36(34-22)24-14-6-3-7-15-24)31(30-23(2)35-37(33(30)39)25-16-8-4-9-17-25)27-20-12-13-21-28(27)42-43(40,41)26-18-10-5-11-19-26/h3-21,27-28,31,34-35H,1-2H3/t27-,28-/m0/s1. The lowest BCUT2D eigenvalue weighted by molar-refractivity contribution is 0.197. The van der Waals surface area contributed by atoms with Crippen LogP contribution < -0.4 is 11.1 Å². The van der Waals surface area contributed by atoms with Gasteiger partial charge < -0.3 is 0 Å². The van der Waals surface area contributed by atoms with E-state index in [1.807, 2.05) is 60.7 Å². The second kappa shape index (κ2) is 11.4. The van der Waals surface area contributed by atoms with E-state index < -0.39 is 28.1 Å². The lowest BCUT2D eigenvalue weighted by Gasteiger charge is -2.30. The maximum absolute atomic E-state index is 14.2. The first-order chi connectivity index (χ1) is 20.8. The van der Waals surface area contributed by atoms with Crippen LogP contribution >= 0.6 is 0 Å². The highest BCUT2D eigenvalue weighted by molar-refractivity contribution is 7.86. The molecule has 9 nitrogen and oxygen atoms in total. The molecule has 5 aromatic rings. The summed E-state index contributed by atoms with van der Waals surface area (Å²) in [5, 5.41) is 6.34. The van der Waals surface area contributed by atoms with Gasteiger partial charge in [0.2, 0.25) is 0 Å². The summed E-state index contributed by atoms with van der Waals surface area (Å²) in [7, 11) is -4.17. The van der Waals surface area contributed by atoms with Gasteiger partial charge in [0.1, 0.15) is 6.10 Å². The summed E-state index contributed by atoms with van der Waals surface area (Å²) in [6, 6.07) is 26.2. The van der Waals surface area contributed by atoms with E-state index >= 15 is 0 Å². The van der Waals surface area contributed by atoms with Gasteiger partial charge in [0.15, 0.2) is 0 Å². The van der Waals surface area contributed by atoms with Gasteiger partial charge in [0.05, 0.1) is 16.3 Å². The van der Waals surface area contributed by atoms with Gasteiger partial charge in [-0.2, -0.15) is 8.42 Å². The number of benzene rings is 3. The highest BCUT2D eigenvalue weighted by atomic mass is 32.2. The Kier molecular flexibility index (Phi) is 7.47. The molecule has 218 valence electrons. The predicted molar refractivity (Wildman–Crippen MR) is 164 cm³/mol. The van der Waals surface area contributed by atoms with Crippen molar-refractivity contribution >= 4 is 10.1 Å². The fourth-order valence-corrected chi connectivity index (χ4v) is 6.78. The summed E-state index contributed by atoms with van der Waals surface area (Å²) in [6.07, 6.45) is 5.93.